The van der Waals surface area contributed by atoms with Crippen molar-refractivity contribution >= 4 is 15.7 Å². The van der Waals surface area contributed by atoms with E-state index in [0.717, 1.165) is 12.3 Å². The number of aromatic amines is 1. The molecule has 0 fully saturated rings. The maximum atomic E-state index is 12.2. The molecule has 0 radical (unpaired) electrons. The molecule has 0 bridgehead atoms. The van der Waals surface area contributed by atoms with E-state index in [4.69, 9.17) is 0 Å². The van der Waals surface area contributed by atoms with Crippen LogP contribution < -0.4 is 10.2 Å². The number of phenolic OH excluding ortho intramolecular Hbond substituents is 1. The molecule has 2 aromatic rings. The quantitative estimate of drug-likeness (QED) is 0.798. The summed E-state index contributed by atoms with van der Waals surface area (Å²) in [5.41, 5.74) is 0.672. The molecule has 1 aromatic carbocycles. The molecular formula is C13H14N2O4S. The van der Waals surface area contributed by atoms with Crippen molar-refractivity contribution in [2.24, 2.45) is 0 Å². The SMILES string of the molecule is Cc1ccc(NS(=O)(=O)c2c[nH]ccc2=O)c(C)c1O. The zero-order valence-corrected chi connectivity index (χ0v) is 11.8. The van der Waals surface area contributed by atoms with E-state index >= 15 is 0 Å². The van der Waals surface area contributed by atoms with Gasteiger partial charge in [-0.05, 0) is 25.5 Å². The van der Waals surface area contributed by atoms with Gasteiger partial charge in [0.15, 0.2) is 4.90 Å². The molecule has 0 aliphatic rings. The molecule has 0 amide bonds. The molecule has 20 heavy (non-hydrogen) atoms. The third-order valence-electron chi connectivity index (χ3n) is 2.95. The van der Waals surface area contributed by atoms with Gasteiger partial charge in [0, 0.05) is 24.0 Å². The van der Waals surface area contributed by atoms with E-state index in [1.807, 2.05) is 0 Å². The van der Waals surface area contributed by atoms with Gasteiger partial charge in [0.25, 0.3) is 10.0 Å². The Bertz CT molecular complexity index is 809. The van der Waals surface area contributed by atoms with E-state index in [-0.39, 0.29) is 16.3 Å². The van der Waals surface area contributed by atoms with Gasteiger partial charge in [-0.25, -0.2) is 8.42 Å². The first-order chi connectivity index (χ1) is 9.33. The van der Waals surface area contributed by atoms with Gasteiger partial charge in [0.2, 0.25) is 5.43 Å². The van der Waals surface area contributed by atoms with Gasteiger partial charge in [-0.3, -0.25) is 9.52 Å². The monoisotopic (exact) mass is 294 g/mol. The van der Waals surface area contributed by atoms with E-state index in [1.54, 1.807) is 26.0 Å². The summed E-state index contributed by atoms with van der Waals surface area (Å²) >= 11 is 0. The number of hydrogen-bond donors (Lipinski definition) is 3. The summed E-state index contributed by atoms with van der Waals surface area (Å²) in [6, 6.07) is 4.27. The van der Waals surface area contributed by atoms with Crippen molar-refractivity contribution in [3.8, 4) is 5.75 Å². The third-order valence-corrected chi connectivity index (χ3v) is 4.34. The van der Waals surface area contributed by atoms with Crippen LogP contribution in [0.1, 0.15) is 11.1 Å². The molecule has 106 valence electrons. The Morgan fingerprint density at radius 3 is 2.55 bits per heavy atom. The number of phenols is 1. The Labute approximate surface area is 116 Å². The van der Waals surface area contributed by atoms with E-state index < -0.39 is 15.5 Å². The average molecular weight is 294 g/mol. The number of H-pyrrole nitrogens is 1. The number of benzene rings is 1. The highest BCUT2D eigenvalue weighted by molar-refractivity contribution is 7.92. The van der Waals surface area contributed by atoms with Crippen molar-refractivity contribution in [3.63, 3.8) is 0 Å². The number of aromatic hydroxyl groups is 1. The van der Waals surface area contributed by atoms with Crippen LogP contribution in [0.3, 0.4) is 0 Å². The lowest BCUT2D eigenvalue weighted by Crippen LogP contribution is -2.21. The van der Waals surface area contributed by atoms with E-state index in [0.29, 0.717) is 11.1 Å². The van der Waals surface area contributed by atoms with Gasteiger partial charge >= 0.3 is 0 Å². The molecule has 0 aliphatic heterocycles. The molecule has 7 heteroatoms. The predicted octanol–water partition coefficient (Wildman–Crippen LogP) is 1.50. The number of aromatic nitrogens is 1. The molecular weight excluding hydrogens is 280 g/mol. The summed E-state index contributed by atoms with van der Waals surface area (Å²) in [7, 11) is -4.00. The highest BCUT2D eigenvalue weighted by Gasteiger charge is 2.19. The first-order valence-electron chi connectivity index (χ1n) is 5.82. The van der Waals surface area contributed by atoms with E-state index in [9.17, 15) is 18.3 Å². The van der Waals surface area contributed by atoms with Crippen LogP contribution >= 0.6 is 0 Å². The van der Waals surface area contributed by atoms with E-state index in [2.05, 4.69) is 9.71 Å². The lowest BCUT2D eigenvalue weighted by atomic mass is 10.1. The fraction of sp³-hybridized carbons (Fsp3) is 0.154. The van der Waals surface area contributed by atoms with Gasteiger partial charge in [0.1, 0.15) is 5.75 Å². The van der Waals surface area contributed by atoms with Crippen LogP contribution in [-0.4, -0.2) is 18.5 Å². The number of nitrogens with one attached hydrogen (secondary N) is 2. The molecule has 0 spiro atoms. The second-order valence-corrected chi connectivity index (χ2v) is 6.03. The summed E-state index contributed by atoms with van der Waals surface area (Å²) < 4.78 is 26.6. The van der Waals surface area contributed by atoms with Gasteiger partial charge in [0.05, 0.1) is 5.69 Å². The average Bonchev–Trinajstić information content (AvgIpc) is 2.40. The highest BCUT2D eigenvalue weighted by atomic mass is 32.2. The topological polar surface area (TPSA) is 99.3 Å². The number of pyridine rings is 1. The maximum absolute atomic E-state index is 12.2. The standard InChI is InChI=1S/C13H14N2O4S/c1-8-3-4-10(9(2)13(8)17)15-20(18,19)12-7-14-6-5-11(12)16/h3-7,15,17H,1-2H3,(H,14,16). The Kier molecular flexibility index (Phi) is 3.54. The summed E-state index contributed by atoms with van der Waals surface area (Å²) in [4.78, 5) is 13.8. The zero-order valence-electron chi connectivity index (χ0n) is 11.0. The normalized spacial score (nSPS) is 11.3. The molecule has 0 saturated heterocycles. The fourth-order valence-corrected chi connectivity index (χ4v) is 2.93. The van der Waals surface area contributed by atoms with Gasteiger partial charge in [-0.2, -0.15) is 0 Å². The molecule has 6 nitrogen and oxygen atoms in total. The molecule has 1 aromatic heterocycles. The minimum atomic E-state index is -4.00. The third kappa shape index (κ3) is 2.53. The molecule has 2 rings (SSSR count). The molecule has 0 atom stereocenters. The van der Waals surface area contributed by atoms with Crippen molar-refractivity contribution in [3.05, 3.63) is 51.9 Å². The smallest absolute Gasteiger partial charge is 0.267 e. The second kappa shape index (κ2) is 5.01. The predicted molar refractivity (Wildman–Crippen MR) is 75.5 cm³/mol. The van der Waals surface area contributed by atoms with Crippen LogP contribution in [0.5, 0.6) is 5.75 Å². The minimum Gasteiger partial charge on any atom is -0.507 e. The number of rotatable bonds is 3. The van der Waals surface area contributed by atoms with Crippen molar-refractivity contribution in [2.75, 3.05) is 4.72 Å². The lowest BCUT2D eigenvalue weighted by Gasteiger charge is -2.12. The number of aryl methyl sites for hydroxylation is 1. The zero-order chi connectivity index (χ0) is 14.9. The van der Waals surface area contributed by atoms with Gasteiger partial charge in [-0.1, -0.05) is 6.07 Å². The first kappa shape index (κ1) is 14.1. The van der Waals surface area contributed by atoms with Gasteiger partial charge in [-0.15, -0.1) is 0 Å². The summed E-state index contributed by atoms with van der Waals surface area (Å²) in [6.07, 6.45) is 2.47. The Morgan fingerprint density at radius 1 is 1.20 bits per heavy atom. The Balaban J connectivity index is 2.47. The second-order valence-electron chi connectivity index (χ2n) is 4.38. The fourth-order valence-electron chi connectivity index (χ4n) is 1.76. The number of anilines is 1. The summed E-state index contributed by atoms with van der Waals surface area (Å²) in [5, 5.41) is 9.81. The van der Waals surface area contributed by atoms with Crippen LogP contribution in [0.15, 0.2) is 40.3 Å². The number of hydrogen-bond acceptors (Lipinski definition) is 4. The molecule has 0 saturated carbocycles. The Hall–Kier alpha value is -2.28. The van der Waals surface area contributed by atoms with Crippen molar-refractivity contribution in [1.82, 2.24) is 4.98 Å². The molecule has 3 N–H and O–H groups in total. The Morgan fingerprint density at radius 2 is 1.90 bits per heavy atom. The van der Waals surface area contributed by atoms with Crippen LogP contribution in [0, 0.1) is 13.8 Å². The van der Waals surface area contributed by atoms with Gasteiger partial charge < -0.3 is 10.1 Å². The number of sulfonamides is 1. The van der Waals surface area contributed by atoms with Crippen molar-refractivity contribution in [1.29, 1.82) is 0 Å². The maximum Gasteiger partial charge on any atom is 0.267 e. The molecule has 0 unspecified atom stereocenters. The molecule has 1 heterocycles. The van der Waals surface area contributed by atoms with E-state index in [1.165, 1.54) is 6.20 Å². The van der Waals surface area contributed by atoms with Crippen LogP contribution in [-0.2, 0) is 10.0 Å². The van der Waals surface area contributed by atoms with Crippen molar-refractivity contribution in [2.45, 2.75) is 18.7 Å². The minimum absolute atomic E-state index is 0.0205. The summed E-state index contributed by atoms with van der Waals surface area (Å²) in [6.45, 7) is 3.30. The largest absolute Gasteiger partial charge is 0.507 e. The highest BCUT2D eigenvalue weighted by Crippen LogP contribution is 2.29. The first-order valence-corrected chi connectivity index (χ1v) is 7.30. The van der Waals surface area contributed by atoms with Crippen LogP contribution in [0.25, 0.3) is 0 Å². The lowest BCUT2D eigenvalue weighted by molar-refractivity contribution is 0.467. The molecule has 0 aliphatic carbocycles. The summed E-state index contributed by atoms with van der Waals surface area (Å²) in [5.74, 6) is 0.0205. The van der Waals surface area contributed by atoms with Crippen molar-refractivity contribution < 1.29 is 13.5 Å². The van der Waals surface area contributed by atoms with Crippen LogP contribution in [0.4, 0.5) is 5.69 Å². The van der Waals surface area contributed by atoms with Crippen LogP contribution in [0.2, 0.25) is 0 Å².